The van der Waals surface area contributed by atoms with Crippen LogP contribution in [0.3, 0.4) is 0 Å². The van der Waals surface area contributed by atoms with E-state index in [0.29, 0.717) is 56.8 Å². The first kappa shape index (κ1) is 45.0. The minimum atomic E-state index is -1.75. The van der Waals surface area contributed by atoms with E-state index in [0.717, 1.165) is 11.1 Å². The molecule has 0 bridgehead atoms. The number of carbonyl (C=O) groups is 5. The lowest BCUT2D eigenvalue weighted by molar-refractivity contribution is -0.0408. The molecule has 4 aromatic carbocycles. The number of ketones is 4. The van der Waals surface area contributed by atoms with E-state index in [2.05, 4.69) is 0 Å². The van der Waals surface area contributed by atoms with Crippen LogP contribution in [0.5, 0.6) is 0 Å². The van der Waals surface area contributed by atoms with Gasteiger partial charge in [-0.15, -0.1) is 0 Å². The zero-order valence-electron chi connectivity index (χ0n) is 35.3. The van der Waals surface area contributed by atoms with E-state index in [4.69, 9.17) is 32.7 Å². The molecule has 2 aromatic heterocycles. The van der Waals surface area contributed by atoms with Gasteiger partial charge < -0.3 is 18.6 Å². The van der Waals surface area contributed by atoms with Crippen LogP contribution in [0.25, 0.3) is 12.2 Å². The number of aromatic nitrogens is 2. The molecule has 0 amide bonds. The standard InChI is InChI=1S/C51H46Cl2N2O7/c1-33-15-19-37(20-16-33)45(56)43-13-9-29-54(43)27-7-11-35-23-25-39(52)31-41(35)47(58)50(3,4)61-49(60)62-51(5,6)48(59)42-32-40(53)26-24-36(42)12-8-28-55-30-10-14-44(55)46(57)38-21-17-34(2)18-22-38/h7-26,29-32H,27-28H2,1-6H3/b11-7+,12-8+. The Morgan fingerprint density at radius 1 is 0.548 bits per heavy atom. The van der Waals surface area contributed by atoms with Crippen molar-refractivity contribution in [3.05, 3.63) is 200 Å². The summed E-state index contributed by atoms with van der Waals surface area (Å²) in [6, 6.07) is 31.5. The molecular formula is C51H46Cl2N2O7. The van der Waals surface area contributed by atoms with Crippen molar-refractivity contribution in [1.82, 2.24) is 9.13 Å². The fraction of sp³-hybridized carbons (Fsp3) is 0.196. The van der Waals surface area contributed by atoms with Gasteiger partial charge in [-0.1, -0.05) is 119 Å². The van der Waals surface area contributed by atoms with Crippen molar-refractivity contribution in [2.45, 2.75) is 65.8 Å². The van der Waals surface area contributed by atoms with Crippen LogP contribution in [-0.4, -0.2) is 49.6 Å². The molecule has 0 aliphatic heterocycles. The Morgan fingerprint density at radius 2 is 0.919 bits per heavy atom. The summed E-state index contributed by atoms with van der Waals surface area (Å²) in [6.07, 6.45) is 9.46. The van der Waals surface area contributed by atoms with Crippen molar-refractivity contribution in [1.29, 1.82) is 0 Å². The van der Waals surface area contributed by atoms with Crippen LogP contribution in [0.4, 0.5) is 4.79 Å². The fourth-order valence-corrected chi connectivity index (χ4v) is 7.11. The number of aryl methyl sites for hydroxylation is 2. The summed E-state index contributed by atoms with van der Waals surface area (Å²) in [6.45, 7) is 10.3. The second kappa shape index (κ2) is 19.0. The highest BCUT2D eigenvalue weighted by atomic mass is 35.5. The molecule has 0 N–H and O–H groups in total. The first-order valence-corrected chi connectivity index (χ1v) is 20.7. The zero-order chi connectivity index (χ0) is 44.8. The van der Waals surface area contributed by atoms with Crippen LogP contribution in [0.1, 0.15) is 103 Å². The molecule has 0 aliphatic rings. The highest BCUT2D eigenvalue weighted by Gasteiger charge is 2.39. The summed E-state index contributed by atoms with van der Waals surface area (Å²) < 4.78 is 14.8. The van der Waals surface area contributed by atoms with Crippen LogP contribution in [-0.2, 0) is 22.6 Å². The smallest absolute Gasteiger partial charge is 0.420 e. The second-order valence-corrected chi connectivity index (χ2v) is 16.8. The summed E-state index contributed by atoms with van der Waals surface area (Å²) in [5, 5.41) is 0.589. The fourth-order valence-electron chi connectivity index (χ4n) is 6.77. The summed E-state index contributed by atoms with van der Waals surface area (Å²) in [7, 11) is 0. The van der Waals surface area contributed by atoms with Gasteiger partial charge in [-0.3, -0.25) is 19.2 Å². The lowest BCUT2D eigenvalue weighted by Crippen LogP contribution is -2.43. The predicted molar refractivity (Wildman–Crippen MR) is 243 cm³/mol. The van der Waals surface area contributed by atoms with E-state index in [-0.39, 0.29) is 22.7 Å². The van der Waals surface area contributed by atoms with E-state index in [1.165, 1.54) is 39.8 Å². The zero-order valence-corrected chi connectivity index (χ0v) is 36.8. The molecule has 11 heteroatoms. The van der Waals surface area contributed by atoms with Gasteiger partial charge in [0.1, 0.15) is 0 Å². The molecule has 0 saturated heterocycles. The van der Waals surface area contributed by atoms with Crippen molar-refractivity contribution >= 4 is 64.6 Å². The maximum Gasteiger partial charge on any atom is 0.510 e. The number of carbonyl (C=O) groups excluding carboxylic acids is 5. The number of rotatable bonds is 16. The van der Waals surface area contributed by atoms with Crippen molar-refractivity contribution in [3.63, 3.8) is 0 Å². The highest BCUT2D eigenvalue weighted by Crippen LogP contribution is 2.29. The molecule has 6 aromatic rings. The van der Waals surface area contributed by atoms with E-state index < -0.39 is 28.9 Å². The summed E-state index contributed by atoms with van der Waals surface area (Å²) in [4.78, 5) is 67.9. The molecule has 0 fully saturated rings. The van der Waals surface area contributed by atoms with Gasteiger partial charge in [0.15, 0.2) is 11.2 Å². The number of nitrogens with zero attached hydrogens (tertiary/aromatic N) is 2. The molecule has 62 heavy (non-hydrogen) atoms. The molecule has 0 saturated carbocycles. The number of halogens is 2. The summed E-state index contributed by atoms with van der Waals surface area (Å²) in [5.41, 5.74) is 2.17. The molecule has 0 atom stereocenters. The number of ether oxygens (including phenoxy) is 2. The van der Waals surface area contributed by atoms with Gasteiger partial charge in [0.05, 0.1) is 11.4 Å². The molecule has 6 rings (SSSR count). The van der Waals surface area contributed by atoms with Gasteiger partial charge >= 0.3 is 6.16 Å². The highest BCUT2D eigenvalue weighted by molar-refractivity contribution is 6.31. The Kier molecular flexibility index (Phi) is 13.8. The van der Waals surface area contributed by atoms with E-state index in [1.807, 2.05) is 50.3 Å². The average molecular weight is 870 g/mol. The van der Waals surface area contributed by atoms with Gasteiger partial charge in [0, 0.05) is 57.8 Å². The van der Waals surface area contributed by atoms with Crippen LogP contribution in [0.2, 0.25) is 10.0 Å². The monoisotopic (exact) mass is 868 g/mol. The SMILES string of the molecule is Cc1ccc(C(=O)c2cccn2C/C=C/c2ccc(Cl)cc2C(=O)C(C)(C)OC(=O)OC(C)(C)C(=O)c2cc(Cl)ccc2/C=C/Cn2cccc2C(=O)c2ccc(C)cc2)cc1. The third kappa shape index (κ3) is 10.7. The Hall–Kier alpha value is -6.55. The lowest BCUT2D eigenvalue weighted by Gasteiger charge is -2.28. The van der Waals surface area contributed by atoms with Crippen LogP contribution in [0, 0.1) is 13.8 Å². The predicted octanol–water partition coefficient (Wildman–Crippen LogP) is 11.9. The van der Waals surface area contributed by atoms with Crippen molar-refractivity contribution in [2.75, 3.05) is 0 Å². The lowest BCUT2D eigenvalue weighted by atomic mass is 9.92. The maximum absolute atomic E-state index is 14.0. The van der Waals surface area contributed by atoms with Gasteiger partial charge in [0.2, 0.25) is 23.1 Å². The van der Waals surface area contributed by atoms with E-state index in [1.54, 1.807) is 106 Å². The molecule has 0 spiro atoms. The summed E-state index contributed by atoms with van der Waals surface area (Å²) >= 11 is 12.7. The third-order valence-corrected chi connectivity index (χ3v) is 10.7. The molecular weight excluding hydrogens is 823 g/mol. The summed E-state index contributed by atoms with van der Waals surface area (Å²) in [5.74, 6) is -1.35. The molecule has 2 heterocycles. The van der Waals surface area contributed by atoms with Crippen molar-refractivity contribution < 1.29 is 33.4 Å². The first-order chi connectivity index (χ1) is 29.4. The molecule has 0 radical (unpaired) electrons. The minimum absolute atomic E-state index is 0.113. The number of hydrogen-bond donors (Lipinski definition) is 0. The third-order valence-electron chi connectivity index (χ3n) is 10.2. The van der Waals surface area contributed by atoms with Gasteiger partial charge in [-0.25, -0.2) is 4.79 Å². The van der Waals surface area contributed by atoms with Crippen LogP contribution in [0.15, 0.2) is 134 Å². The maximum atomic E-state index is 14.0. The Bertz CT molecular complexity index is 2530. The Labute approximate surface area is 371 Å². The number of benzene rings is 4. The first-order valence-electron chi connectivity index (χ1n) is 19.9. The number of allylic oxidation sites excluding steroid dienone is 2. The Balaban J connectivity index is 1.12. The molecule has 0 aliphatic carbocycles. The second-order valence-electron chi connectivity index (χ2n) is 15.9. The molecule has 0 unspecified atom stereocenters. The quantitative estimate of drug-likeness (QED) is 0.0703. The largest absolute Gasteiger partial charge is 0.510 e. The van der Waals surface area contributed by atoms with Crippen LogP contribution < -0.4 is 0 Å². The molecule has 316 valence electrons. The number of Topliss-reactive ketones (excluding diaryl/α,β-unsaturated/α-hetero) is 2. The van der Waals surface area contributed by atoms with Crippen molar-refractivity contribution in [2.24, 2.45) is 0 Å². The topological polar surface area (TPSA) is 114 Å². The van der Waals surface area contributed by atoms with E-state index >= 15 is 0 Å². The van der Waals surface area contributed by atoms with E-state index in [9.17, 15) is 24.0 Å². The van der Waals surface area contributed by atoms with Gasteiger partial charge in [-0.05, 0) is 101 Å². The average Bonchev–Trinajstić information content (AvgIpc) is 3.91. The van der Waals surface area contributed by atoms with Crippen molar-refractivity contribution in [3.8, 4) is 0 Å². The molecule has 9 nitrogen and oxygen atoms in total. The van der Waals surface area contributed by atoms with Gasteiger partial charge in [-0.2, -0.15) is 0 Å². The normalized spacial score (nSPS) is 11.9. The van der Waals surface area contributed by atoms with Gasteiger partial charge in [0.25, 0.3) is 0 Å². The van der Waals surface area contributed by atoms with Crippen LogP contribution >= 0.6 is 23.2 Å². The Morgan fingerprint density at radius 3 is 1.29 bits per heavy atom. The number of hydrogen-bond acceptors (Lipinski definition) is 7. The minimum Gasteiger partial charge on any atom is -0.420 e.